The van der Waals surface area contributed by atoms with Gasteiger partial charge in [-0.25, -0.2) is 4.79 Å². The van der Waals surface area contributed by atoms with E-state index in [-0.39, 0.29) is 18.5 Å². The number of benzene rings is 1. The number of hydrogen-bond acceptors (Lipinski definition) is 5. The van der Waals surface area contributed by atoms with Gasteiger partial charge in [0.25, 0.3) is 0 Å². The summed E-state index contributed by atoms with van der Waals surface area (Å²) < 4.78 is 11.3. The summed E-state index contributed by atoms with van der Waals surface area (Å²) in [7, 11) is 0. The van der Waals surface area contributed by atoms with Crippen LogP contribution in [-0.4, -0.2) is 48.9 Å². The van der Waals surface area contributed by atoms with Gasteiger partial charge in [0.15, 0.2) is 11.5 Å². The van der Waals surface area contributed by atoms with Crippen molar-refractivity contribution in [1.29, 1.82) is 0 Å². The molecule has 0 aliphatic carbocycles. The van der Waals surface area contributed by atoms with Gasteiger partial charge in [-0.1, -0.05) is 11.6 Å². The van der Waals surface area contributed by atoms with Crippen molar-refractivity contribution in [2.75, 3.05) is 32.1 Å². The first-order chi connectivity index (χ1) is 11.1. The molecule has 124 valence electrons. The fourth-order valence-corrected chi connectivity index (χ4v) is 3.54. The molecule has 2 aliphatic rings. The molecule has 0 saturated carbocycles. The zero-order valence-electron chi connectivity index (χ0n) is 12.5. The maximum Gasteiger partial charge on any atom is 0.324 e. The molecule has 1 fully saturated rings. The molecule has 0 radical (unpaired) electrons. The van der Waals surface area contributed by atoms with E-state index in [1.165, 1.54) is 4.90 Å². The van der Waals surface area contributed by atoms with Crippen LogP contribution in [0.25, 0.3) is 0 Å². The first kappa shape index (κ1) is 16.3. The molecule has 0 aromatic heterocycles. The maximum atomic E-state index is 11.5. The molecule has 6 nitrogen and oxygen atoms in total. The standard InChI is InChI=1S/C15H17ClN2O4S/c16-11-6-10(7-12-14(11)22-4-1-3-21-12)9-23-5-2-18-13(19)8-17-15(18)20/h6-7H,1-5,8-9H2,(H,17,20). The molecule has 1 aromatic carbocycles. The van der Waals surface area contributed by atoms with Crippen molar-refractivity contribution >= 4 is 35.3 Å². The fraction of sp³-hybridized carbons (Fsp3) is 0.467. The highest BCUT2D eigenvalue weighted by molar-refractivity contribution is 7.98. The Bertz CT molecular complexity index is 610. The third kappa shape index (κ3) is 3.84. The second-order valence-corrected chi connectivity index (χ2v) is 6.72. The number of halogens is 1. The van der Waals surface area contributed by atoms with Crippen molar-refractivity contribution in [3.05, 3.63) is 22.7 Å². The van der Waals surface area contributed by atoms with Gasteiger partial charge in [0.1, 0.15) is 0 Å². The van der Waals surface area contributed by atoms with Crippen molar-refractivity contribution in [2.45, 2.75) is 12.2 Å². The van der Waals surface area contributed by atoms with Gasteiger partial charge in [-0.05, 0) is 17.7 Å². The topological polar surface area (TPSA) is 67.9 Å². The largest absolute Gasteiger partial charge is 0.489 e. The summed E-state index contributed by atoms with van der Waals surface area (Å²) in [5, 5.41) is 3.06. The number of carbonyl (C=O) groups is 2. The summed E-state index contributed by atoms with van der Waals surface area (Å²) in [6, 6.07) is 3.50. The second-order valence-electron chi connectivity index (χ2n) is 5.21. The Morgan fingerprint density at radius 1 is 1.26 bits per heavy atom. The smallest absolute Gasteiger partial charge is 0.324 e. The first-order valence-corrected chi connectivity index (χ1v) is 8.92. The SMILES string of the molecule is O=C1CNC(=O)N1CCSCc1cc(Cl)c2c(c1)OCCCO2. The molecule has 1 saturated heterocycles. The van der Waals surface area contributed by atoms with Gasteiger partial charge in [0.05, 0.1) is 24.8 Å². The number of hydrogen-bond donors (Lipinski definition) is 1. The minimum absolute atomic E-state index is 0.0985. The maximum absolute atomic E-state index is 11.5. The molecular formula is C15H17ClN2O4S. The molecule has 1 N–H and O–H groups in total. The quantitative estimate of drug-likeness (QED) is 0.647. The Kier molecular flexibility index (Phi) is 5.17. The number of nitrogens with zero attached hydrogens (tertiary/aromatic N) is 1. The molecule has 3 amide bonds. The van der Waals surface area contributed by atoms with Crippen LogP contribution in [0.15, 0.2) is 12.1 Å². The molecule has 23 heavy (non-hydrogen) atoms. The Balaban J connectivity index is 1.54. The molecule has 2 heterocycles. The third-order valence-corrected chi connectivity index (χ3v) is 4.82. The summed E-state index contributed by atoms with van der Waals surface area (Å²) in [4.78, 5) is 24.1. The number of thioether (sulfide) groups is 1. The Morgan fingerprint density at radius 2 is 2.09 bits per heavy atom. The van der Waals surface area contributed by atoms with E-state index >= 15 is 0 Å². The van der Waals surface area contributed by atoms with Crippen molar-refractivity contribution in [1.82, 2.24) is 10.2 Å². The Morgan fingerprint density at radius 3 is 2.87 bits per heavy atom. The molecule has 3 rings (SSSR count). The van der Waals surface area contributed by atoms with Crippen molar-refractivity contribution < 1.29 is 19.1 Å². The predicted molar refractivity (Wildman–Crippen MR) is 88.3 cm³/mol. The highest BCUT2D eigenvalue weighted by atomic mass is 35.5. The first-order valence-electron chi connectivity index (χ1n) is 7.39. The van der Waals surface area contributed by atoms with Crippen LogP contribution in [0.3, 0.4) is 0 Å². The molecule has 0 spiro atoms. The summed E-state index contributed by atoms with van der Waals surface area (Å²) >= 11 is 7.89. The van der Waals surface area contributed by atoms with Gasteiger partial charge in [-0.3, -0.25) is 9.69 Å². The van der Waals surface area contributed by atoms with Crippen molar-refractivity contribution in [2.24, 2.45) is 0 Å². The lowest BCUT2D eigenvalue weighted by molar-refractivity contribution is -0.124. The molecule has 0 bridgehead atoms. The van der Waals surface area contributed by atoms with E-state index in [4.69, 9.17) is 21.1 Å². The van der Waals surface area contributed by atoms with E-state index in [2.05, 4.69) is 5.32 Å². The van der Waals surface area contributed by atoms with Gasteiger partial charge in [0, 0.05) is 24.5 Å². The van der Waals surface area contributed by atoms with Crippen LogP contribution in [0.5, 0.6) is 11.5 Å². The van der Waals surface area contributed by atoms with Crippen molar-refractivity contribution in [3.8, 4) is 11.5 Å². The van der Waals surface area contributed by atoms with E-state index < -0.39 is 0 Å². The lowest BCUT2D eigenvalue weighted by Crippen LogP contribution is -2.32. The summed E-state index contributed by atoms with van der Waals surface area (Å²) in [6.07, 6.45) is 0.834. The highest BCUT2D eigenvalue weighted by Crippen LogP contribution is 2.38. The molecule has 0 atom stereocenters. The predicted octanol–water partition coefficient (Wildman–Crippen LogP) is 2.29. The highest BCUT2D eigenvalue weighted by Gasteiger charge is 2.27. The Hall–Kier alpha value is -1.60. The van der Waals surface area contributed by atoms with Crippen LogP contribution < -0.4 is 14.8 Å². The average molecular weight is 357 g/mol. The summed E-state index contributed by atoms with van der Waals surface area (Å²) in [5.41, 5.74) is 1.03. The van der Waals surface area contributed by atoms with Gasteiger partial charge >= 0.3 is 6.03 Å². The summed E-state index contributed by atoms with van der Waals surface area (Å²) in [6.45, 7) is 1.73. The van der Waals surface area contributed by atoms with E-state index in [0.717, 1.165) is 17.7 Å². The van der Waals surface area contributed by atoms with E-state index in [0.29, 0.717) is 42.0 Å². The van der Waals surface area contributed by atoms with Crippen molar-refractivity contribution in [3.63, 3.8) is 0 Å². The van der Waals surface area contributed by atoms with Gasteiger partial charge < -0.3 is 14.8 Å². The van der Waals surface area contributed by atoms with E-state index in [1.54, 1.807) is 11.8 Å². The second kappa shape index (κ2) is 7.31. The van der Waals surface area contributed by atoms with Crippen LogP contribution in [0.1, 0.15) is 12.0 Å². The molecule has 2 aliphatic heterocycles. The normalized spacial score (nSPS) is 17.2. The third-order valence-electron chi connectivity index (χ3n) is 3.53. The molecular weight excluding hydrogens is 340 g/mol. The fourth-order valence-electron chi connectivity index (χ4n) is 2.39. The van der Waals surface area contributed by atoms with Crippen LogP contribution in [0, 0.1) is 0 Å². The number of nitrogens with one attached hydrogen (secondary N) is 1. The zero-order valence-corrected chi connectivity index (χ0v) is 14.0. The summed E-state index contributed by atoms with van der Waals surface area (Å²) in [5.74, 6) is 2.51. The molecule has 8 heteroatoms. The average Bonchev–Trinajstić information content (AvgIpc) is 2.74. The van der Waals surface area contributed by atoms with E-state index in [1.807, 2.05) is 12.1 Å². The number of urea groups is 1. The number of amides is 3. The monoisotopic (exact) mass is 356 g/mol. The zero-order chi connectivity index (χ0) is 16.2. The van der Waals surface area contributed by atoms with Crippen LogP contribution >= 0.6 is 23.4 Å². The Labute approximate surface area is 143 Å². The van der Waals surface area contributed by atoms with Gasteiger partial charge in [-0.15, -0.1) is 0 Å². The molecule has 0 unspecified atom stereocenters. The number of imide groups is 1. The lowest BCUT2D eigenvalue weighted by atomic mass is 10.2. The minimum Gasteiger partial charge on any atom is -0.489 e. The molecule has 1 aromatic rings. The van der Waals surface area contributed by atoms with Crippen LogP contribution in [0.4, 0.5) is 4.79 Å². The number of ether oxygens (including phenoxy) is 2. The van der Waals surface area contributed by atoms with Crippen LogP contribution in [-0.2, 0) is 10.5 Å². The minimum atomic E-state index is -0.311. The lowest BCUT2D eigenvalue weighted by Gasteiger charge is -2.13. The number of carbonyl (C=O) groups excluding carboxylic acids is 2. The van der Waals surface area contributed by atoms with Gasteiger partial charge in [-0.2, -0.15) is 11.8 Å². The van der Waals surface area contributed by atoms with Gasteiger partial charge in [0.2, 0.25) is 5.91 Å². The van der Waals surface area contributed by atoms with E-state index in [9.17, 15) is 9.59 Å². The number of rotatable bonds is 5. The van der Waals surface area contributed by atoms with Crippen LogP contribution in [0.2, 0.25) is 5.02 Å². The number of fused-ring (bicyclic) bond motifs is 1.